The number of rotatable bonds is 4. The Morgan fingerprint density at radius 1 is 1.20 bits per heavy atom. The molecule has 0 N–H and O–H groups in total. The topological polar surface area (TPSA) is 64.4 Å². The molecule has 1 saturated heterocycles. The third kappa shape index (κ3) is 2.80. The highest BCUT2D eigenvalue weighted by Crippen LogP contribution is 2.22. The molecular formula is C15H17N3O2. The van der Waals surface area contributed by atoms with Crippen molar-refractivity contribution in [1.82, 2.24) is 4.90 Å². The Morgan fingerprint density at radius 3 is 2.45 bits per heavy atom. The first kappa shape index (κ1) is 14.1. The lowest BCUT2D eigenvalue weighted by Crippen LogP contribution is -2.54. The maximum absolute atomic E-state index is 12.0. The molecule has 0 unspecified atom stereocenters. The zero-order valence-corrected chi connectivity index (χ0v) is 11.5. The van der Waals surface area contributed by atoms with E-state index in [1.807, 2.05) is 42.2 Å². The number of piperazine rings is 1. The van der Waals surface area contributed by atoms with Crippen molar-refractivity contribution in [2.24, 2.45) is 0 Å². The molecule has 1 aliphatic heterocycles. The first-order valence-electron chi connectivity index (χ1n) is 6.70. The lowest BCUT2D eigenvalue weighted by molar-refractivity contribution is -0.145. The molecule has 2 rings (SSSR count). The first-order chi connectivity index (χ1) is 9.67. The van der Waals surface area contributed by atoms with Crippen LogP contribution in [0.3, 0.4) is 0 Å². The molecule has 104 valence electrons. The van der Waals surface area contributed by atoms with Crippen LogP contribution in [0.2, 0.25) is 0 Å². The number of aryl methyl sites for hydroxylation is 1. The van der Waals surface area contributed by atoms with E-state index in [9.17, 15) is 9.59 Å². The number of nitriles is 1. The van der Waals surface area contributed by atoms with Crippen LogP contribution >= 0.6 is 0 Å². The highest BCUT2D eigenvalue weighted by atomic mass is 16.2. The van der Waals surface area contributed by atoms with Crippen molar-refractivity contribution in [2.45, 2.75) is 19.8 Å². The summed E-state index contributed by atoms with van der Waals surface area (Å²) < 4.78 is 0. The third-order valence-corrected chi connectivity index (χ3v) is 3.41. The fourth-order valence-electron chi connectivity index (χ4n) is 2.39. The number of imide groups is 1. The van der Waals surface area contributed by atoms with Gasteiger partial charge in [0, 0.05) is 12.2 Å². The van der Waals surface area contributed by atoms with Gasteiger partial charge in [0.1, 0.15) is 0 Å². The summed E-state index contributed by atoms with van der Waals surface area (Å²) in [6.45, 7) is 2.62. The van der Waals surface area contributed by atoms with Crippen LogP contribution in [0.4, 0.5) is 5.69 Å². The van der Waals surface area contributed by atoms with E-state index in [1.165, 1.54) is 4.90 Å². The molecule has 0 aromatic heterocycles. The van der Waals surface area contributed by atoms with Gasteiger partial charge >= 0.3 is 0 Å². The van der Waals surface area contributed by atoms with Gasteiger partial charge in [-0.15, -0.1) is 0 Å². The standard InChI is InChI=1S/C15H17N3O2/c1-2-12-6-3-4-7-13(12)17-10-14(19)18(9-5-8-16)15(20)11-17/h3-4,6-7H,2,5,9-11H2,1H3. The molecule has 5 nitrogen and oxygen atoms in total. The molecule has 0 bridgehead atoms. The van der Waals surface area contributed by atoms with Gasteiger partial charge in [0.2, 0.25) is 11.8 Å². The van der Waals surface area contributed by atoms with Gasteiger partial charge in [0.05, 0.1) is 25.6 Å². The van der Waals surface area contributed by atoms with E-state index < -0.39 is 0 Å². The van der Waals surface area contributed by atoms with E-state index in [4.69, 9.17) is 5.26 Å². The number of hydrogen-bond acceptors (Lipinski definition) is 4. The molecule has 1 aliphatic rings. The van der Waals surface area contributed by atoms with E-state index >= 15 is 0 Å². The minimum absolute atomic E-state index is 0.184. The molecule has 1 fully saturated rings. The smallest absolute Gasteiger partial charge is 0.248 e. The number of benzene rings is 1. The SMILES string of the molecule is CCc1ccccc1N1CC(=O)N(CCC#N)C(=O)C1. The van der Waals surface area contributed by atoms with Crippen molar-refractivity contribution in [1.29, 1.82) is 5.26 Å². The second-order valence-electron chi connectivity index (χ2n) is 4.69. The zero-order chi connectivity index (χ0) is 14.5. The number of carbonyl (C=O) groups excluding carboxylic acids is 2. The highest BCUT2D eigenvalue weighted by Gasteiger charge is 2.31. The second-order valence-corrected chi connectivity index (χ2v) is 4.69. The van der Waals surface area contributed by atoms with Crippen LogP contribution < -0.4 is 4.90 Å². The van der Waals surface area contributed by atoms with Crippen molar-refractivity contribution in [3.8, 4) is 6.07 Å². The fourth-order valence-corrected chi connectivity index (χ4v) is 2.39. The Balaban J connectivity index is 2.16. The summed E-state index contributed by atoms with van der Waals surface area (Å²) >= 11 is 0. The highest BCUT2D eigenvalue weighted by molar-refractivity contribution is 6.02. The van der Waals surface area contributed by atoms with Gasteiger partial charge in [-0.25, -0.2) is 0 Å². The maximum atomic E-state index is 12.0. The quantitative estimate of drug-likeness (QED) is 0.775. The number of anilines is 1. The average Bonchev–Trinajstić information content (AvgIpc) is 2.46. The Kier molecular flexibility index (Phi) is 4.36. The van der Waals surface area contributed by atoms with Crippen molar-refractivity contribution in [3.63, 3.8) is 0 Å². The third-order valence-electron chi connectivity index (χ3n) is 3.41. The van der Waals surface area contributed by atoms with Crippen molar-refractivity contribution < 1.29 is 9.59 Å². The van der Waals surface area contributed by atoms with Gasteiger partial charge in [-0.05, 0) is 18.1 Å². The molecule has 1 aromatic rings. The van der Waals surface area contributed by atoms with E-state index in [0.29, 0.717) is 0 Å². The minimum atomic E-state index is -0.234. The fraction of sp³-hybridized carbons (Fsp3) is 0.400. The van der Waals surface area contributed by atoms with E-state index in [0.717, 1.165) is 17.7 Å². The lowest BCUT2D eigenvalue weighted by atomic mass is 10.1. The van der Waals surface area contributed by atoms with E-state index in [2.05, 4.69) is 0 Å². The van der Waals surface area contributed by atoms with Crippen LogP contribution in [-0.2, 0) is 16.0 Å². The summed E-state index contributed by atoms with van der Waals surface area (Å²) in [6, 6.07) is 9.76. The molecule has 0 saturated carbocycles. The Morgan fingerprint density at radius 2 is 1.85 bits per heavy atom. The van der Waals surface area contributed by atoms with Crippen LogP contribution in [0.5, 0.6) is 0 Å². The monoisotopic (exact) mass is 271 g/mol. The second kappa shape index (κ2) is 6.20. The Bertz CT molecular complexity index is 544. The largest absolute Gasteiger partial charge is 0.353 e. The summed E-state index contributed by atoms with van der Waals surface area (Å²) in [5, 5.41) is 8.56. The van der Waals surface area contributed by atoms with E-state index in [1.54, 1.807) is 0 Å². The predicted molar refractivity (Wildman–Crippen MR) is 75.0 cm³/mol. The van der Waals surface area contributed by atoms with Crippen molar-refractivity contribution >= 4 is 17.5 Å². The molecule has 20 heavy (non-hydrogen) atoms. The van der Waals surface area contributed by atoms with Crippen LogP contribution in [0.1, 0.15) is 18.9 Å². The maximum Gasteiger partial charge on any atom is 0.248 e. The van der Waals surface area contributed by atoms with Crippen LogP contribution in [0, 0.1) is 11.3 Å². The molecule has 5 heteroatoms. The summed E-state index contributed by atoms with van der Waals surface area (Å²) in [5.74, 6) is -0.468. The van der Waals surface area contributed by atoms with Crippen LogP contribution in [0.15, 0.2) is 24.3 Å². The molecule has 2 amide bonds. The number of hydrogen-bond donors (Lipinski definition) is 0. The van der Waals surface area contributed by atoms with Gasteiger partial charge < -0.3 is 4.90 Å². The zero-order valence-electron chi connectivity index (χ0n) is 11.5. The van der Waals surface area contributed by atoms with Gasteiger partial charge in [-0.2, -0.15) is 5.26 Å². The predicted octanol–water partition coefficient (Wildman–Crippen LogP) is 1.34. The molecule has 1 aromatic carbocycles. The Hall–Kier alpha value is -2.35. The molecule has 0 radical (unpaired) electrons. The van der Waals surface area contributed by atoms with E-state index in [-0.39, 0.29) is 37.9 Å². The minimum Gasteiger partial charge on any atom is -0.353 e. The molecule has 0 atom stereocenters. The average molecular weight is 271 g/mol. The molecular weight excluding hydrogens is 254 g/mol. The molecule has 0 aliphatic carbocycles. The van der Waals surface area contributed by atoms with Gasteiger partial charge in [-0.3, -0.25) is 14.5 Å². The normalized spacial score (nSPS) is 15.4. The molecule has 1 heterocycles. The van der Waals surface area contributed by atoms with Crippen LogP contribution in [0.25, 0.3) is 0 Å². The lowest BCUT2D eigenvalue weighted by Gasteiger charge is -2.34. The number of nitrogens with zero attached hydrogens (tertiary/aromatic N) is 3. The summed E-state index contributed by atoms with van der Waals surface area (Å²) in [5.41, 5.74) is 2.07. The summed E-state index contributed by atoms with van der Waals surface area (Å²) in [7, 11) is 0. The number of carbonyl (C=O) groups is 2. The van der Waals surface area contributed by atoms with Gasteiger partial charge in [-0.1, -0.05) is 25.1 Å². The Labute approximate surface area is 118 Å². The number of amides is 2. The van der Waals surface area contributed by atoms with Gasteiger partial charge in [0.15, 0.2) is 0 Å². The summed E-state index contributed by atoms with van der Waals surface area (Å²) in [6.07, 6.45) is 1.04. The number of para-hydroxylation sites is 1. The van der Waals surface area contributed by atoms with Crippen molar-refractivity contribution in [2.75, 3.05) is 24.5 Å². The summed E-state index contributed by atoms with van der Waals surface area (Å²) in [4.78, 5) is 27.1. The first-order valence-corrected chi connectivity index (χ1v) is 6.70. The van der Waals surface area contributed by atoms with Crippen LogP contribution in [-0.4, -0.2) is 36.3 Å². The van der Waals surface area contributed by atoms with Gasteiger partial charge in [0.25, 0.3) is 0 Å². The molecule has 0 spiro atoms. The van der Waals surface area contributed by atoms with Crippen molar-refractivity contribution in [3.05, 3.63) is 29.8 Å².